The minimum Gasteiger partial charge on any atom is -0.480 e. The van der Waals surface area contributed by atoms with Crippen molar-refractivity contribution in [2.24, 2.45) is 0 Å². The summed E-state index contributed by atoms with van der Waals surface area (Å²) in [5.74, 6) is -1.77. The smallest absolute Gasteiger partial charge is 0.411 e. The third-order valence-electron chi connectivity index (χ3n) is 6.86. The Kier molecular flexibility index (Phi) is 10.1. The van der Waals surface area contributed by atoms with Gasteiger partial charge in [0.05, 0.1) is 30.1 Å². The molecule has 14 nitrogen and oxygen atoms in total. The van der Waals surface area contributed by atoms with Gasteiger partial charge in [-0.25, -0.2) is 9.48 Å². The van der Waals surface area contributed by atoms with Gasteiger partial charge in [-0.2, -0.15) is 9.78 Å². The highest BCUT2D eigenvalue weighted by molar-refractivity contribution is 6.30. The Morgan fingerprint density at radius 3 is 2.49 bits per heavy atom. The van der Waals surface area contributed by atoms with Gasteiger partial charge in [0.1, 0.15) is 12.9 Å². The first-order valence-corrected chi connectivity index (χ1v) is 14.4. The van der Waals surface area contributed by atoms with Crippen LogP contribution >= 0.6 is 11.6 Å². The highest BCUT2D eigenvalue weighted by atomic mass is 35.5. The van der Waals surface area contributed by atoms with Crippen LogP contribution in [0.2, 0.25) is 5.02 Å². The number of carboxylic acids is 1. The molecule has 1 atom stereocenters. The van der Waals surface area contributed by atoms with Crippen LogP contribution in [-0.2, 0) is 27.3 Å². The summed E-state index contributed by atoms with van der Waals surface area (Å²) in [5, 5.41) is 31.0. The lowest BCUT2D eigenvalue weighted by Gasteiger charge is -2.20. The van der Waals surface area contributed by atoms with Gasteiger partial charge in [0.15, 0.2) is 0 Å². The van der Waals surface area contributed by atoms with Crippen LogP contribution in [0.1, 0.15) is 22.9 Å². The van der Waals surface area contributed by atoms with Crippen LogP contribution in [0.3, 0.4) is 0 Å². The van der Waals surface area contributed by atoms with E-state index in [0.717, 1.165) is 10.2 Å². The van der Waals surface area contributed by atoms with Gasteiger partial charge in [-0.3, -0.25) is 19.7 Å². The lowest BCUT2D eigenvalue weighted by Crippen LogP contribution is -2.34. The number of aliphatic carboxylic acids is 1. The molecule has 15 heteroatoms. The van der Waals surface area contributed by atoms with Gasteiger partial charge < -0.3 is 15.2 Å². The summed E-state index contributed by atoms with van der Waals surface area (Å²) in [6, 6.07) is 21.4. The van der Waals surface area contributed by atoms with E-state index in [-0.39, 0.29) is 17.7 Å². The Labute approximate surface area is 272 Å². The number of aromatic nitrogens is 6. The Morgan fingerprint density at radius 1 is 1.04 bits per heavy atom. The number of ether oxygens (including phenoxy) is 1. The number of rotatable bonds is 11. The van der Waals surface area contributed by atoms with E-state index in [2.05, 4.69) is 36.0 Å². The number of amides is 2. The lowest BCUT2D eigenvalue weighted by molar-refractivity contribution is -0.138. The van der Waals surface area contributed by atoms with Gasteiger partial charge in [-0.05, 0) is 70.4 Å². The standard InChI is InChI=1S/C32H27ClN8O6/c1-47-32(46)35-24-11-7-21(8-12-24)25-17-27(37-40(31(25)45)18-30(43)44)26(15-20-5-3-2-4-6-20)36-29(42)14-9-22-16-23(33)10-13-28(22)41-19-34-38-39-41/h2-14,16-17,19,26H,15,18H2,1H3,(H,35,46)(H,36,42)(H,43,44)/t26-/m0/s1. The van der Waals surface area contributed by atoms with Gasteiger partial charge in [-0.1, -0.05) is 54.1 Å². The van der Waals surface area contributed by atoms with Crippen LogP contribution in [0, 0.1) is 0 Å². The Balaban J connectivity index is 1.51. The summed E-state index contributed by atoms with van der Waals surface area (Å²) in [6.07, 6.45) is 3.90. The van der Waals surface area contributed by atoms with Crippen LogP contribution in [0.25, 0.3) is 22.9 Å². The molecule has 0 spiro atoms. The van der Waals surface area contributed by atoms with Crippen molar-refractivity contribution in [3.05, 3.63) is 123 Å². The quantitative estimate of drug-likeness (QED) is 0.176. The largest absolute Gasteiger partial charge is 0.480 e. The molecule has 0 saturated carbocycles. The molecular formula is C32H27ClN8O6. The molecule has 0 aliphatic rings. The first-order valence-electron chi connectivity index (χ1n) is 14.0. The number of methoxy groups -OCH3 is 1. The Morgan fingerprint density at radius 2 is 1.81 bits per heavy atom. The average Bonchev–Trinajstić information content (AvgIpc) is 3.60. The SMILES string of the molecule is COC(=O)Nc1ccc(-c2cc([C@H](Cc3ccccc3)NC(=O)C=Cc3cc(Cl)ccc3-n3cnnn3)nn(CC(=O)O)c2=O)cc1. The highest BCUT2D eigenvalue weighted by Gasteiger charge is 2.21. The molecular weight excluding hydrogens is 628 g/mol. The fraction of sp³-hybridized carbons (Fsp3) is 0.125. The molecule has 238 valence electrons. The van der Waals surface area contributed by atoms with Crippen LogP contribution in [0.4, 0.5) is 10.5 Å². The zero-order valence-corrected chi connectivity index (χ0v) is 25.5. The maximum absolute atomic E-state index is 13.4. The molecule has 5 rings (SSSR count). The number of tetrazole rings is 1. The van der Waals surface area contributed by atoms with Crippen LogP contribution < -0.4 is 16.2 Å². The predicted octanol–water partition coefficient (Wildman–Crippen LogP) is 3.92. The summed E-state index contributed by atoms with van der Waals surface area (Å²) < 4.78 is 6.89. The molecule has 0 saturated heterocycles. The second-order valence-corrected chi connectivity index (χ2v) is 10.5. The number of benzene rings is 3. The zero-order valence-electron chi connectivity index (χ0n) is 24.8. The van der Waals surface area contributed by atoms with E-state index in [0.29, 0.717) is 27.5 Å². The van der Waals surface area contributed by atoms with E-state index in [1.54, 1.807) is 48.5 Å². The second-order valence-electron chi connectivity index (χ2n) is 10.1. The number of halogens is 1. The molecule has 2 heterocycles. The third-order valence-corrected chi connectivity index (χ3v) is 7.10. The van der Waals surface area contributed by atoms with Crippen molar-refractivity contribution >= 4 is 41.3 Å². The van der Waals surface area contributed by atoms with Crippen LogP contribution in [0.5, 0.6) is 0 Å². The minimum absolute atomic E-state index is 0.147. The molecule has 3 aromatic carbocycles. The lowest BCUT2D eigenvalue weighted by atomic mass is 10.00. The third kappa shape index (κ3) is 8.32. The Hall–Kier alpha value is -6.15. The van der Waals surface area contributed by atoms with E-state index >= 15 is 0 Å². The number of hydrogen-bond donors (Lipinski definition) is 3. The molecule has 5 aromatic rings. The van der Waals surface area contributed by atoms with Crippen LogP contribution in [0.15, 0.2) is 96.1 Å². The van der Waals surface area contributed by atoms with E-state index < -0.39 is 36.1 Å². The first kappa shape index (κ1) is 32.2. The molecule has 0 aliphatic carbocycles. The van der Waals surface area contributed by atoms with E-state index in [1.165, 1.54) is 30.3 Å². The van der Waals surface area contributed by atoms with Gasteiger partial charge in [0, 0.05) is 22.3 Å². The Bertz CT molecular complexity index is 1980. The summed E-state index contributed by atoms with van der Waals surface area (Å²) >= 11 is 6.22. The molecule has 0 fully saturated rings. The topological polar surface area (TPSA) is 183 Å². The highest BCUT2D eigenvalue weighted by Crippen LogP contribution is 2.24. The van der Waals surface area contributed by atoms with Gasteiger partial charge in [0.2, 0.25) is 5.91 Å². The zero-order chi connectivity index (χ0) is 33.3. The molecule has 2 aromatic heterocycles. The molecule has 2 amide bonds. The summed E-state index contributed by atoms with van der Waals surface area (Å²) in [4.78, 5) is 50.1. The van der Waals surface area contributed by atoms with Gasteiger partial charge in [0.25, 0.3) is 5.56 Å². The number of nitrogens with one attached hydrogen (secondary N) is 2. The summed E-state index contributed by atoms with van der Waals surface area (Å²) in [5.41, 5.74) is 2.62. The van der Waals surface area contributed by atoms with Crippen molar-refractivity contribution in [2.45, 2.75) is 19.0 Å². The normalized spacial score (nSPS) is 11.6. The maximum atomic E-state index is 13.4. The molecule has 0 aliphatic heterocycles. The van der Waals surface area contributed by atoms with E-state index in [1.807, 2.05) is 30.3 Å². The number of hydrogen-bond acceptors (Lipinski definition) is 9. The fourth-order valence-electron chi connectivity index (χ4n) is 4.68. The van der Waals surface area contributed by atoms with Gasteiger partial charge in [-0.15, -0.1) is 5.10 Å². The monoisotopic (exact) mass is 654 g/mol. The van der Waals surface area contributed by atoms with Crippen LogP contribution in [-0.4, -0.2) is 60.2 Å². The second kappa shape index (κ2) is 14.8. The van der Waals surface area contributed by atoms with Crippen molar-refractivity contribution < 1.29 is 24.2 Å². The first-order chi connectivity index (χ1) is 22.7. The van der Waals surface area contributed by atoms with Crippen molar-refractivity contribution in [1.29, 1.82) is 0 Å². The predicted molar refractivity (Wildman–Crippen MR) is 172 cm³/mol. The van der Waals surface area contributed by atoms with Crippen molar-refractivity contribution in [2.75, 3.05) is 12.4 Å². The van der Waals surface area contributed by atoms with Gasteiger partial charge >= 0.3 is 12.1 Å². The summed E-state index contributed by atoms with van der Waals surface area (Å²) in [6.45, 7) is -0.706. The maximum Gasteiger partial charge on any atom is 0.411 e. The van der Waals surface area contributed by atoms with E-state index in [4.69, 9.17) is 11.6 Å². The minimum atomic E-state index is -1.27. The molecule has 3 N–H and O–H groups in total. The molecule has 0 bridgehead atoms. The number of carbonyl (C=O) groups is 3. The van der Waals surface area contributed by atoms with Crippen molar-refractivity contribution in [3.8, 4) is 16.8 Å². The molecule has 0 unspecified atom stereocenters. The van der Waals surface area contributed by atoms with E-state index in [9.17, 15) is 24.3 Å². The number of anilines is 1. The number of carbonyl (C=O) groups excluding carboxylic acids is 2. The van der Waals surface area contributed by atoms with Crippen molar-refractivity contribution in [1.82, 2.24) is 35.3 Å². The fourth-order valence-corrected chi connectivity index (χ4v) is 4.86. The van der Waals surface area contributed by atoms with Crippen molar-refractivity contribution in [3.63, 3.8) is 0 Å². The molecule has 0 radical (unpaired) electrons. The summed E-state index contributed by atoms with van der Waals surface area (Å²) in [7, 11) is 1.23. The average molecular weight is 655 g/mol. The molecule has 47 heavy (non-hydrogen) atoms. The number of carboxylic acid groups (broad SMARTS) is 1. The number of nitrogens with zero attached hydrogens (tertiary/aromatic N) is 6.